The summed E-state index contributed by atoms with van der Waals surface area (Å²) < 4.78 is 10.9. The lowest BCUT2D eigenvalue weighted by molar-refractivity contribution is -0.384. The molecule has 1 fully saturated rings. The van der Waals surface area contributed by atoms with Gasteiger partial charge in [-0.1, -0.05) is 42.5 Å². The van der Waals surface area contributed by atoms with E-state index in [4.69, 9.17) is 9.47 Å². The Morgan fingerprint density at radius 1 is 1.13 bits per heavy atom. The molecule has 1 aliphatic carbocycles. The fourth-order valence-electron chi connectivity index (χ4n) is 4.20. The van der Waals surface area contributed by atoms with Crippen LogP contribution in [-0.4, -0.2) is 59.6 Å². The summed E-state index contributed by atoms with van der Waals surface area (Å²) in [6.07, 6.45) is 0.952. The zero-order valence-corrected chi connectivity index (χ0v) is 21.3. The van der Waals surface area contributed by atoms with Crippen LogP contribution in [0.1, 0.15) is 36.9 Å². The molecule has 0 saturated heterocycles. The highest BCUT2D eigenvalue weighted by molar-refractivity contribution is 6.00. The van der Waals surface area contributed by atoms with Crippen LogP contribution in [0.4, 0.5) is 15.3 Å². The zero-order chi connectivity index (χ0) is 27.2. The van der Waals surface area contributed by atoms with E-state index in [9.17, 15) is 24.5 Å². The number of benzene rings is 2. The molecule has 0 bridgehead atoms. The summed E-state index contributed by atoms with van der Waals surface area (Å²) in [6, 6.07) is 13.2. The number of nitro groups is 1. The number of non-ortho nitro benzene ring substituents is 1. The van der Waals surface area contributed by atoms with Gasteiger partial charge in [0.1, 0.15) is 12.6 Å². The molecule has 1 heterocycles. The Bertz CT molecular complexity index is 1240. The quantitative estimate of drug-likeness (QED) is 0.280. The minimum absolute atomic E-state index is 0.0161. The van der Waals surface area contributed by atoms with E-state index in [1.807, 2.05) is 42.3 Å². The van der Waals surface area contributed by atoms with Gasteiger partial charge >= 0.3 is 18.1 Å². The summed E-state index contributed by atoms with van der Waals surface area (Å²) in [5.74, 6) is -0.408. The fraction of sp³-hybridized carbons (Fsp3) is 0.370. The number of amides is 3. The van der Waals surface area contributed by atoms with Gasteiger partial charge in [-0.2, -0.15) is 0 Å². The molecule has 2 aromatic rings. The van der Waals surface area contributed by atoms with Crippen molar-refractivity contribution in [1.82, 2.24) is 15.1 Å². The van der Waals surface area contributed by atoms with Crippen molar-refractivity contribution in [2.45, 2.75) is 32.4 Å². The summed E-state index contributed by atoms with van der Waals surface area (Å²) in [7, 11) is 1.88. The third-order valence-corrected chi connectivity index (χ3v) is 6.40. The number of carbonyl (C=O) groups is 3. The van der Waals surface area contributed by atoms with Crippen LogP contribution in [0.15, 0.2) is 65.9 Å². The van der Waals surface area contributed by atoms with E-state index in [-0.39, 0.29) is 35.7 Å². The van der Waals surface area contributed by atoms with E-state index in [1.54, 1.807) is 0 Å². The number of rotatable bonds is 10. The van der Waals surface area contributed by atoms with Crippen LogP contribution >= 0.6 is 0 Å². The Morgan fingerprint density at radius 2 is 1.87 bits per heavy atom. The number of hydrogen-bond donors (Lipinski definition) is 1. The van der Waals surface area contributed by atoms with Crippen LogP contribution in [-0.2, 0) is 20.8 Å². The second-order valence-electron chi connectivity index (χ2n) is 9.47. The van der Waals surface area contributed by atoms with Crippen LogP contribution in [0.3, 0.4) is 0 Å². The van der Waals surface area contributed by atoms with Gasteiger partial charge in [0, 0.05) is 30.9 Å². The van der Waals surface area contributed by atoms with Gasteiger partial charge in [-0.3, -0.25) is 15.0 Å². The first-order chi connectivity index (χ1) is 18.2. The highest BCUT2D eigenvalue weighted by Crippen LogP contribution is 2.37. The number of nitrogens with one attached hydrogen (secondary N) is 1. The van der Waals surface area contributed by atoms with Gasteiger partial charge in [0.2, 0.25) is 0 Å². The first-order valence-electron chi connectivity index (χ1n) is 12.4. The van der Waals surface area contributed by atoms with Crippen molar-refractivity contribution in [1.29, 1.82) is 0 Å². The van der Waals surface area contributed by atoms with Gasteiger partial charge in [0.25, 0.3) is 5.69 Å². The Labute approximate surface area is 220 Å². The third kappa shape index (κ3) is 6.54. The molecule has 1 N–H and O–H groups in total. The zero-order valence-electron chi connectivity index (χ0n) is 21.3. The number of carbonyl (C=O) groups excluding carboxylic acids is 3. The maximum Gasteiger partial charge on any atom is 0.418 e. The van der Waals surface area contributed by atoms with Gasteiger partial charge in [-0.05, 0) is 43.9 Å². The highest BCUT2D eigenvalue weighted by Gasteiger charge is 2.43. The molecule has 4 rings (SSSR count). The maximum absolute atomic E-state index is 13.2. The SMILES string of the molecule is CC1=C(C(=O)OCC2CC2)C(c2cccc([N+](=O)[O-])c2)N(C(=O)OCCN(C)Cc2ccccc2)C(=O)N1. The molecule has 1 unspecified atom stereocenters. The van der Waals surface area contributed by atoms with E-state index in [2.05, 4.69) is 5.32 Å². The average molecular weight is 523 g/mol. The van der Waals surface area contributed by atoms with Gasteiger partial charge in [0.05, 0.1) is 17.1 Å². The number of urea groups is 1. The largest absolute Gasteiger partial charge is 0.462 e. The molecule has 0 radical (unpaired) electrons. The van der Waals surface area contributed by atoms with Gasteiger partial charge in [-0.25, -0.2) is 19.3 Å². The van der Waals surface area contributed by atoms with E-state index < -0.39 is 29.1 Å². The van der Waals surface area contributed by atoms with Crippen molar-refractivity contribution in [3.63, 3.8) is 0 Å². The van der Waals surface area contributed by atoms with Gasteiger partial charge in [-0.15, -0.1) is 0 Å². The summed E-state index contributed by atoms with van der Waals surface area (Å²) in [4.78, 5) is 53.0. The Hall–Kier alpha value is -4.25. The summed E-state index contributed by atoms with van der Waals surface area (Å²) in [5.41, 5.74) is 1.29. The molecule has 3 amide bonds. The first-order valence-corrected chi connectivity index (χ1v) is 12.4. The predicted octanol–water partition coefficient (Wildman–Crippen LogP) is 4.16. The Morgan fingerprint density at radius 3 is 2.55 bits per heavy atom. The normalized spacial score (nSPS) is 17.3. The minimum atomic E-state index is -1.26. The minimum Gasteiger partial charge on any atom is -0.462 e. The van der Waals surface area contributed by atoms with Gasteiger partial charge < -0.3 is 14.8 Å². The fourth-order valence-corrected chi connectivity index (χ4v) is 4.20. The highest BCUT2D eigenvalue weighted by atomic mass is 16.6. The van der Waals surface area contributed by atoms with Crippen molar-refractivity contribution in [3.8, 4) is 0 Å². The molecule has 200 valence electrons. The van der Waals surface area contributed by atoms with Crippen LogP contribution in [0, 0.1) is 16.0 Å². The van der Waals surface area contributed by atoms with Crippen LogP contribution in [0.25, 0.3) is 0 Å². The lowest BCUT2D eigenvalue weighted by Gasteiger charge is -2.35. The number of ether oxygens (including phenoxy) is 2. The van der Waals surface area contributed by atoms with Crippen molar-refractivity contribution in [2.24, 2.45) is 5.92 Å². The molecule has 11 heteroatoms. The molecule has 2 aromatic carbocycles. The number of esters is 1. The van der Waals surface area contributed by atoms with Crippen molar-refractivity contribution in [2.75, 3.05) is 26.8 Å². The van der Waals surface area contributed by atoms with E-state index >= 15 is 0 Å². The summed E-state index contributed by atoms with van der Waals surface area (Å²) >= 11 is 0. The molecule has 2 aliphatic rings. The average Bonchev–Trinajstić information content (AvgIpc) is 3.72. The molecule has 1 aliphatic heterocycles. The Balaban J connectivity index is 1.54. The second-order valence-corrected chi connectivity index (χ2v) is 9.47. The molecule has 0 spiro atoms. The maximum atomic E-state index is 13.2. The number of nitro benzene ring substituents is 1. The molecular formula is C27H30N4O7. The standard InChI is InChI=1S/C27H30N4O7/c1-18-23(25(32)38-17-20-11-12-20)24(21-9-6-10-22(15-21)31(35)36)30(26(33)28-18)27(34)37-14-13-29(2)16-19-7-4-3-5-8-19/h3-10,15,20,24H,11-14,16-17H2,1-2H3,(H,28,33). The number of hydrogen-bond acceptors (Lipinski definition) is 8. The van der Waals surface area contributed by atoms with Crippen molar-refractivity contribution >= 4 is 23.8 Å². The van der Waals surface area contributed by atoms with Crippen LogP contribution in [0.5, 0.6) is 0 Å². The third-order valence-electron chi connectivity index (χ3n) is 6.40. The van der Waals surface area contributed by atoms with Crippen molar-refractivity contribution in [3.05, 3.63) is 87.1 Å². The lowest BCUT2D eigenvalue weighted by Crippen LogP contribution is -2.51. The number of likely N-dealkylation sites (N-methyl/N-ethyl adjacent to an activating group) is 1. The van der Waals surface area contributed by atoms with E-state index in [0.717, 1.165) is 23.3 Å². The topological polar surface area (TPSA) is 131 Å². The predicted molar refractivity (Wildman–Crippen MR) is 137 cm³/mol. The second kappa shape index (κ2) is 11.9. The smallest absolute Gasteiger partial charge is 0.418 e. The number of nitrogens with zero attached hydrogens (tertiary/aromatic N) is 3. The number of imide groups is 1. The molecule has 0 aromatic heterocycles. The number of allylic oxidation sites excluding steroid dienone is 1. The lowest BCUT2D eigenvalue weighted by atomic mass is 9.93. The molecule has 1 atom stereocenters. The van der Waals surface area contributed by atoms with Crippen LogP contribution in [0.2, 0.25) is 0 Å². The summed E-state index contributed by atoms with van der Waals surface area (Å²) in [6.45, 7) is 2.76. The van der Waals surface area contributed by atoms with Crippen molar-refractivity contribution < 1.29 is 28.8 Å². The molecule has 1 saturated carbocycles. The molecule has 38 heavy (non-hydrogen) atoms. The monoisotopic (exact) mass is 522 g/mol. The van der Waals surface area contributed by atoms with Crippen LogP contribution < -0.4 is 5.32 Å². The molecule has 11 nitrogen and oxygen atoms in total. The Kier molecular flexibility index (Phi) is 8.37. The first kappa shape index (κ1) is 26.8. The van der Waals surface area contributed by atoms with Gasteiger partial charge in [0.15, 0.2) is 0 Å². The van der Waals surface area contributed by atoms with E-state index in [1.165, 1.54) is 31.2 Å². The molecular weight excluding hydrogens is 492 g/mol. The van der Waals surface area contributed by atoms with E-state index in [0.29, 0.717) is 19.0 Å². The summed E-state index contributed by atoms with van der Waals surface area (Å²) in [5, 5.41) is 14.0.